The predicted molar refractivity (Wildman–Crippen MR) is 93.5 cm³/mol. The van der Waals surface area contributed by atoms with Crippen molar-refractivity contribution in [2.75, 3.05) is 0 Å². The highest BCUT2D eigenvalue weighted by Gasteiger charge is 2.52. The quantitative estimate of drug-likeness (QED) is 0.256. The van der Waals surface area contributed by atoms with Crippen LogP contribution in [-0.4, -0.2) is 9.55 Å². The number of benzene rings is 2. The third-order valence-electron chi connectivity index (χ3n) is 4.78. The number of nitrogens with zero attached hydrogens (tertiary/aromatic N) is 2. The molecule has 13 heteroatoms. The molecule has 0 saturated carbocycles. The summed E-state index contributed by atoms with van der Waals surface area (Å²) in [5, 5.41) is -2.63. The minimum absolute atomic E-state index is 0.129. The summed E-state index contributed by atoms with van der Waals surface area (Å²) in [6.45, 7) is 0. The smallest absolute Gasteiger partial charge is 0.304 e. The average Bonchev–Trinajstić information content (AvgIpc) is 3.04. The van der Waals surface area contributed by atoms with Crippen molar-refractivity contribution >= 4 is 21.8 Å². The van der Waals surface area contributed by atoms with Crippen LogP contribution in [0.3, 0.4) is 0 Å². The van der Waals surface area contributed by atoms with E-state index in [4.69, 9.17) is 0 Å². The van der Waals surface area contributed by atoms with E-state index in [2.05, 4.69) is 4.98 Å². The first-order chi connectivity index (χ1) is 15.1. The molecule has 0 unspecified atom stereocenters. The van der Waals surface area contributed by atoms with Gasteiger partial charge >= 0.3 is 18.5 Å². The first kappa shape index (κ1) is 22.8. The number of rotatable bonds is 1. The number of pyridine rings is 1. The van der Waals surface area contributed by atoms with Crippen LogP contribution in [0.15, 0.2) is 42.5 Å². The number of para-hydroxylation sites is 1. The van der Waals surface area contributed by atoms with Gasteiger partial charge in [-0.3, -0.25) is 0 Å². The number of hydrogen-bond donors (Lipinski definition) is 0. The zero-order valence-corrected chi connectivity index (χ0v) is 15.6. The number of halogens is 11. The molecule has 0 aliphatic carbocycles. The third kappa shape index (κ3) is 3.64. The summed E-state index contributed by atoms with van der Waals surface area (Å²) in [6.07, 6.45) is -17.4. The third-order valence-corrected chi connectivity index (χ3v) is 4.78. The second kappa shape index (κ2) is 7.06. The number of hydrogen-bond acceptors (Lipinski definition) is 1. The van der Waals surface area contributed by atoms with E-state index < -0.39 is 74.6 Å². The van der Waals surface area contributed by atoms with Gasteiger partial charge in [0.2, 0.25) is 0 Å². The number of alkyl halides is 9. The predicted octanol–water partition coefficient (Wildman–Crippen LogP) is 7.51. The van der Waals surface area contributed by atoms with Gasteiger partial charge in [-0.15, -0.1) is 0 Å². The Hall–Kier alpha value is -3.38. The summed E-state index contributed by atoms with van der Waals surface area (Å²) in [5.41, 5.74) is -10.5. The van der Waals surface area contributed by atoms with Crippen molar-refractivity contribution in [1.82, 2.24) is 9.55 Å². The van der Waals surface area contributed by atoms with Gasteiger partial charge in [0.05, 0.1) is 11.1 Å². The number of aromatic nitrogens is 2. The van der Waals surface area contributed by atoms with Crippen LogP contribution in [0.2, 0.25) is 0 Å². The lowest BCUT2D eigenvalue weighted by molar-refractivity contribution is -0.164. The fourth-order valence-corrected chi connectivity index (χ4v) is 3.64. The fraction of sp³-hybridized carbons (Fsp3) is 0.150. The molecule has 0 aliphatic rings. The van der Waals surface area contributed by atoms with Crippen LogP contribution >= 0.6 is 0 Å². The van der Waals surface area contributed by atoms with Crippen LogP contribution in [0.1, 0.15) is 17.0 Å². The van der Waals surface area contributed by atoms with Crippen LogP contribution < -0.4 is 0 Å². The largest absolute Gasteiger partial charge is 0.434 e. The van der Waals surface area contributed by atoms with Crippen molar-refractivity contribution in [2.45, 2.75) is 18.5 Å². The normalized spacial score (nSPS) is 13.3. The van der Waals surface area contributed by atoms with E-state index >= 15 is 0 Å². The summed E-state index contributed by atoms with van der Waals surface area (Å²) in [4.78, 5) is 2.95. The maximum Gasteiger partial charge on any atom is 0.434 e. The van der Waals surface area contributed by atoms with E-state index in [0.717, 1.165) is 12.1 Å². The molecule has 0 aliphatic heterocycles. The first-order valence-corrected chi connectivity index (χ1v) is 8.76. The molecule has 2 nitrogen and oxygen atoms in total. The van der Waals surface area contributed by atoms with Crippen LogP contribution in [0.5, 0.6) is 0 Å². The lowest BCUT2D eigenvalue weighted by atomic mass is 10.0. The van der Waals surface area contributed by atoms with Crippen molar-refractivity contribution in [3.63, 3.8) is 0 Å². The minimum Gasteiger partial charge on any atom is -0.304 e. The van der Waals surface area contributed by atoms with Crippen molar-refractivity contribution in [2.24, 2.45) is 0 Å². The Bertz CT molecular complexity index is 1370. The Morgan fingerprint density at radius 1 is 0.697 bits per heavy atom. The average molecular weight is 484 g/mol. The molecule has 2 aromatic carbocycles. The molecule has 0 bridgehead atoms. The topological polar surface area (TPSA) is 17.8 Å². The SMILES string of the molecule is Fc1ccc(-n2c(C(F)(F)F)c(C(F)(F)F)c3c(C(F)(F)F)nc4c(F)cccc4c32)cc1. The van der Waals surface area contributed by atoms with Gasteiger partial charge in [-0.2, -0.15) is 39.5 Å². The van der Waals surface area contributed by atoms with Crippen LogP contribution in [0.4, 0.5) is 48.3 Å². The monoisotopic (exact) mass is 484 g/mol. The first-order valence-electron chi connectivity index (χ1n) is 8.76. The number of fused-ring (bicyclic) bond motifs is 3. The molecule has 4 aromatic rings. The van der Waals surface area contributed by atoms with E-state index in [1.807, 2.05) is 0 Å². The van der Waals surface area contributed by atoms with Gasteiger partial charge < -0.3 is 4.57 Å². The zero-order chi connectivity index (χ0) is 24.5. The van der Waals surface area contributed by atoms with Crippen molar-refractivity contribution in [1.29, 1.82) is 0 Å². The van der Waals surface area contributed by atoms with Crippen molar-refractivity contribution in [3.8, 4) is 5.69 Å². The van der Waals surface area contributed by atoms with Crippen LogP contribution in [-0.2, 0) is 18.5 Å². The van der Waals surface area contributed by atoms with E-state index in [1.54, 1.807) is 0 Å². The molecule has 0 amide bonds. The lowest BCUT2D eigenvalue weighted by Crippen LogP contribution is -2.19. The Morgan fingerprint density at radius 2 is 1.30 bits per heavy atom. The van der Waals surface area contributed by atoms with Gasteiger partial charge in [-0.1, -0.05) is 12.1 Å². The molecule has 33 heavy (non-hydrogen) atoms. The molecule has 0 radical (unpaired) electrons. The zero-order valence-electron chi connectivity index (χ0n) is 15.6. The van der Waals surface area contributed by atoms with E-state index in [9.17, 15) is 48.3 Å². The Balaban J connectivity index is 2.44. The molecule has 0 atom stereocenters. The molecule has 0 N–H and O–H groups in total. The van der Waals surface area contributed by atoms with Crippen molar-refractivity contribution in [3.05, 3.63) is 71.1 Å². The second-order valence-corrected chi connectivity index (χ2v) is 6.85. The van der Waals surface area contributed by atoms with Gasteiger partial charge in [0.25, 0.3) is 0 Å². The Labute approximate surface area is 175 Å². The summed E-state index contributed by atoms with van der Waals surface area (Å²) in [7, 11) is 0. The molecular weight excluding hydrogens is 477 g/mol. The standard InChI is InChI=1S/C20H7F11N2/c21-8-4-6-9(7-5-8)33-15-10-2-1-3-11(22)14(10)32-16(19(26,27)28)12(15)13(18(23,24)25)17(33)20(29,30)31/h1-7H. The highest BCUT2D eigenvalue weighted by molar-refractivity contribution is 6.08. The minimum atomic E-state index is -5.92. The van der Waals surface area contributed by atoms with Gasteiger partial charge in [0.15, 0.2) is 5.69 Å². The summed E-state index contributed by atoms with van der Waals surface area (Å²) in [6, 6.07) is 4.93. The molecular formula is C20H7F11N2. The highest BCUT2D eigenvalue weighted by atomic mass is 19.4. The van der Waals surface area contributed by atoms with Crippen LogP contribution in [0.25, 0.3) is 27.5 Å². The van der Waals surface area contributed by atoms with Crippen LogP contribution in [0, 0.1) is 11.6 Å². The van der Waals surface area contributed by atoms with E-state index in [0.29, 0.717) is 30.3 Å². The molecule has 174 valence electrons. The molecule has 2 aromatic heterocycles. The van der Waals surface area contributed by atoms with Crippen molar-refractivity contribution < 1.29 is 48.3 Å². The summed E-state index contributed by atoms with van der Waals surface area (Å²) >= 11 is 0. The van der Waals surface area contributed by atoms with Gasteiger partial charge in [-0.25, -0.2) is 13.8 Å². The molecule has 0 saturated heterocycles. The van der Waals surface area contributed by atoms with Gasteiger partial charge in [0, 0.05) is 16.5 Å². The second-order valence-electron chi connectivity index (χ2n) is 6.85. The maximum atomic E-state index is 14.3. The molecule has 4 rings (SSSR count). The maximum absolute atomic E-state index is 14.3. The fourth-order valence-electron chi connectivity index (χ4n) is 3.64. The molecule has 0 fully saturated rings. The Morgan fingerprint density at radius 3 is 1.82 bits per heavy atom. The van der Waals surface area contributed by atoms with Gasteiger partial charge in [0.1, 0.15) is 22.8 Å². The van der Waals surface area contributed by atoms with E-state index in [1.165, 1.54) is 0 Å². The highest BCUT2D eigenvalue weighted by Crippen LogP contribution is 2.51. The van der Waals surface area contributed by atoms with Gasteiger partial charge in [-0.05, 0) is 30.3 Å². The molecule has 2 heterocycles. The summed E-state index contributed by atoms with van der Waals surface area (Å²) < 4.78 is 152. The lowest BCUT2D eigenvalue weighted by Gasteiger charge is -2.16. The molecule has 0 spiro atoms. The Kier molecular flexibility index (Phi) is 4.88. The van der Waals surface area contributed by atoms with E-state index in [-0.39, 0.29) is 4.57 Å². The summed E-state index contributed by atoms with van der Waals surface area (Å²) in [5.74, 6) is -2.36.